The van der Waals surface area contributed by atoms with Crippen molar-refractivity contribution in [2.24, 2.45) is 0 Å². The molecular formula is C60H42S12. The topological polar surface area (TPSA) is 0 Å². The van der Waals surface area contributed by atoms with E-state index in [0.29, 0.717) is 0 Å². The monoisotopic (exact) mass is 1150 g/mol. The van der Waals surface area contributed by atoms with Gasteiger partial charge in [0.2, 0.25) is 0 Å². The standard InChI is InChI=1S/C60H42S12/c1-4-37-7-10-43(61-37)46-19-22-55(67-46)58-28-25-52(70-58)49-16-13-40(64-49)34-31-35(41-14-17-50(65-41)53-26-29-59(71-53)56-23-20-47(68-56)44-11-8-38(5-2)62-44)33-36(32-34)42-15-18-51(66-42)54-27-30-60(72-54)57-24-21-48(69-57)45-12-9-39(6-3)63-45/h7-33H,4-6H2,1-3H3. The van der Waals surface area contributed by atoms with Gasteiger partial charge in [-0.1, -0.05) is 20.8 Å². The molecule has 0 saturated heterocycles. The highest BCUT2D eigenvalue weighted by Crippen LogP contribution is 2.49. The molecule has 0 unspecified atom stereocenters. The van der Waals surface area contributed by atoms with Crippen LogP contribution in [0.2, 0.25) is 0 Å². The second-order valence-electron chi connectivity index (χ2n) is 17.1. The number of hydrogen-bond acceptors (Lipinski definition) is 12. The van der Waals surface area contributed by atoms with Gasteiger partial charge in [0.05, 0.1) is 0 Å². The van der Waals surface area contributed by atoms with Gasteiger partial charge in [-0.15, -0.1) is 136 Å². The van der Waals surface area contributed by atoms with E-state index in [1.54, 1.807) is 0 Å². The summed E-state index contributed by atoms with van der Waals surface area (Å²) in [7, 11) is 0. The maximum atomic E-state index is 2.42. The van der Waals surface area contributed by atoms with Gasteiger partial charge in [0.25, 0.3) is 0 Å². The zero-order valence-electron chi connectivity index (χ0n) is 39.1. The van der Waals surface area contributed by atoms with Gasteiger partial charge in [-0.25, -0.2) is 0 Å². The Hall–Kier alpha value is -4.38. The van der Waals surface area contributed by atoms with Crippen molar-refractivity contribution in [3.8, 4) is 119 Å². The molecule has 13 aromatic rings. The van der Waals surface area contributed by atoms with Crippen molar-refractivity contribution in [3.05, 3.63) is 178 Å². The van der Waals surface area contributed by atoms with Crippen LogP contribution in [-0.4, -0.2) is 0 Å². The van der Waals surface area contributed by atoms with Crippen molar-refractivity contribution >= 4 is 136 Å². The Bertz CT molecular complexity index is 3560. The van der Waals surface area contributed by atoms with Crippen LogP contribution < -0.4 is 0 Å². The Morgan fingerprint density at radius 2 is 0.319 bits per heavy atom. The molecule has 1 aromatic carbocycles. The molecule has 0 bridgehead atoms. The Labute approximate surface area is 468 Å². The largest absolute Gasteiger partial charge is 0.139 e. The van der Waals surface area contributed by atoms with E-state index in [1.165, 1.54) is 134 Å². The molecule has 0 radical (unpaired) electrons. The lowest BCUT2D eigenvalue weighted by Crippen LogP contribution is -1.81. The lowest BCUT2D eigenvalue weighted by molar-refractivity contribution is 1.19. The van der Waals surface area contributed by atoms with Gasteiger partial charge in [-0.05, 0) is 200 Å². The second kappa shape index (κ2) is 20.4. The molecule has 0 fully saturated rings. The van der Waals surface area contributed by atoms with Crippen LogP contribution in [0.4, 0.5) is 0 Å². The molecule has 13 rings (SSSR count). The normalized spacial score (nSPS) is 11.7. The van der Waals surface area contributed by atoms with Crippen molar-refractivity contribution in [2.75, 3.05) is 0 Å². The molecule has 0 N–H and O–H groups in total. The highest BCUT2D eigenvalue weighted by Gasteiger charge is 2.18. The minimum atomic E-state index is 1.09. The molecule has 12 heteroatoms. The van der Waals surface area contributed by atoms with Gasteiger partial charge in [-0.3, -0.25) is 0 Å². The molecule has 0 nitrogen and oxygen atoms in total. The van der Waals surface area contributed by atoms with E-state index >= 15 is 0 Å². The van der Waals surface area contributed by atoms with E-state index in [1.807, 2.05) is 136 Å². The first-order valence-corrected chi connectivity index (χ1v) is 33.5. The summed E-state index contributed by atoms with van der Waals surface area (Å²) in [4.78, 5) is 32.3. The number of rotatable bonds is 15. The van der Waals surface area contributed by atoms with Crippen molar-refractivity contribution in [3.63, 3.8) is 0 Å². The maximum absolute atomic E-state index is 2.42. The number of thiophene rings is 12. The molecule has 72 heavy (non-hydrogen) atoms. The first-order chi connectivity index (χ1) is 35.4. The Morgan fingerprint density at radius 1 is 0.181 bits per heavy atom. The average molecular weight is 1150 g/mol. The minimum Gasteiger partial charge on any atom is -0.139 e. The summed E-state index contributed by atoms with van der Waals surface area (Å²) in [5.74, 6) is 0. The summed E-state index contributed by atoms with van der Waals surface area (Å²) < 4.78 is 0. The van der Waals surface area contributed by atoms with Crippen LogP contribution in [0.3, 0.4) is 0 Å². The molecule has 12 heterocycles. The van der Waals surface area contributed by atoms with Crippen LogP contribution in [0.25, 0.3) is 119 Å². The zero-order valence-corrected chi connectivity index (χ0v) is 48.9. The summed E-state index contributed by atoms with van der Waals surface area (Å²) in [5.41, 5.74) is 3.79. The highest BCUT2D eigenvalue weighted by atomic mass is 32.1. The van der Waals surface area contributed by atoms with Crippen LogP contribution in [-0.2, 0) is 19.3 Å². The third kappa shape index (κ3) is 9.52. The van der Waals surface area contributed by atoms with E-state index in [4.69, 9.17) is 0 Å². The summed E-state index contributed by atoms with van der Waals surface area (Å²) in [6, 6.07) is 62.6. The van der Waals surface area contributed by atoms with E-state index in [2.05, 4.69) is 185 Å². The number of benzene rings is 1. The van der Waals surface area contributed by atoms with Crippen molar-refractivity contribution in [1.82, 2.24) is 0 Å². The molecular weight excluding hydrogens is 1110 g/mol. The molecule has 12 aromatic heterocycles. The van der Waals surface area contributed by atoms with Crippen LogP contribution in [0.5, 0.6) is 0 Å². The van der Waals surface area contributed by atoms with Crippen molar-refractivity contribution in [2.45, 2.75) is 40.0 Å². The molecule has 0 amide bonds. The first-order valence-electron chi connectivity index (χ1n) is 23.7. The van der Waals surface area contributed by atoms with Gasteiger partial charge in [0, 0.05) is 117 Å². The van der Waals surface area contributed by atoms with E-state index in [-0.39, 0.29) is 0 Å². The third-order valence-electron chi connectivity index (χ3n) is 12.5. The van der Waals surface area contributed by atoms with Crippen molar-refractivity contribution in [1.29, 1.82) is 0 Å². The minimum absolute atomic E-state index is 1.09. The van der Waals surface area contributed by atoms with Gasteiger partial charge in [0.15, 0.2) is 0 Å². The molecule has 0 atom stereocenters. The lowest BCUT2D eigenvalue weighted by Gasteiger charge is -2.07. The molecule has 0 saturated carbocycles. The van der Waals surface area contributed by atoms with Gasteiger partial charge >= 0.3 is 0 Å². The Balaban J connectivity index is 0.805. The van der Waals surface area contributed by atoms with Crippen LogP contribution in [0, 0.1) is 0 Å². The van der Waals surface area contributed by atoms with Crippen molar-refractivity contribution < 1.29 is 0 Å². The SMILES string of the molecule is CCc1ccc(-c2ccc(-c3ccc(-c4ccc(-c5cc(-c6ccc(-c7ccc(-c8ccc(-c9ccc(CC)s9)s8)s7)s6)cc(-c6ccc(-c7ccc(-c8ccc(-c9ccc(CC)s9)s8)s7)s6)c5)s4)s3)s2)s1. The van der Waals surface area contributed by atoms with Crippen LogP contribution in [0.1, 0.15) is 35.4 Å². The quantitative estimate of drug-likeness (QED) is 0.0960. The summed E-state index contributed by atoms with van der Waals surface area (Å²) >= 11 is 22.9. The van der Waals surface area contributed by atoms with E-state index in [9.17, 15) is 0 Å². The third-order valence-corrected chi connectivity index (χ3v) is 27.8. The number of aryl methyl sites for hydroxylation is 3. The fourth-order valence-electron chi connectivity index (χ4n) is 8.65. The predicted molar refractivity (Wildman–Crippen MR) is 334 cm³/mol. The Morgan fingerprint density at radius 3 is 0.486 bits per heavy atom. The highest BCUT2D eigenvalue weighted by molar-refractivity contribution is 7.31. The van der Waals surface area contributed by atoms with Gasteiger partial charge < -0.3 is 0 Å². The fraction of sp³-hybridized carbons (Fsp3) is 0.100. The molecule has 0 spiro atoms. The molecule has 354 valence electrons. The van der Waals surface area contributed by atoms with Gasteiger partial charge in [-0.2, -0.15) is 0 Å². The van der Waals surface area contributed by atoms with E-state index in [0.717, 1.165) is 19.3 Å². The molecule has 0 aliphatic heterocycles. The summed E-state index contributed by atoms with van der Waals surface area (Å²) in [6.45, 7) is 6.71. The second-order valence-corrected chi connectivity index (χ2v) is 30.4. The van der Waals surface area contributed by atoms with Crippen LogP contribution in [0.15, 0.2) is 164 Å². The summed E-state index contributed by atoms with van der Waals surface area (Å²) in [5, 5.41) is 0. The molecule has 0 aliphatic rings. The lowest BCUT2D eigenvalue weighted by atomic mass is 10.0. The van der Waals surface area contributed by atoms with E-state index < -0.39 is 0 Å². The summed E-state index contributed by atoms with van der Waals surface area (Å²) in [6.07, 6.45) is 3.26. The first kappa shape index (κ1) is 47.3. The zero-order chi connectivity index (χ0) is 48.3. The average Bonchev–Trinajstić information content (AvgIpc) is 4.23. The Kier molecular flexibility index (Phi) is 13.4. The number of hydrogen-bond donors (Lipinski definition) is 0. The van der Waals surface area contributed by atoms with Crippen LogP contribution >= 0.6 is 136 Å². The molecule has 0 aliphatic carbocycles. The smallest absolute Gasteiger partial charge is 0.0449 e. The maximum Gasteiger partial charge on any atom is 0.0449 e. The fourth-order valence-corrected chi connectivity index (χ4v) is 21.3. The van der Waals surface area contributed by atoms with Gasteiger partial charge in [0.1, 0.15) is 0 Å². The predicted octanol–water partition coefficient (Wildman–Crippen LogP) is 24.1.